The lowest BCUT2D eigenvalue weighted by Gasteiger charge is -2.62. The van der Waals surface area contributed by atoms with E-state index >= 15 is 0 Å². The number of benzene rings is 2. The van der Waals surface area contributed by atoms with Crippen LogP contribution < -0.4 is 4.74 Å². The second-order valence-corrected chi connectivity index (χ2v) is 11.5. The number of nitrogens with zero attached hydrogens (tertiary/aromatic N) is 2. The van der Waals surface area contributed by atoms with Gasteiger partial charge in [-0.2, -0.15) is 0 Å². The molecule has 1 unspecified atom stereocenters. The second kappa shape index (κ2) is 6.00. The fourth-order valence-electron chi connectivity index (χ4n) is 8.26. The Morgan fingerprint density at radius 3 is 2.94 bits per heavy atom. The number of ether oxygens (including phenoxy) is 1. The summed E-state index contributed by atoms with van der Waals surface area (Å²) in [5.41, 5.74) is 4.10. The summed E-state index contributed by atoms with van der Waals surface area (Å²) in [6.45, 7) is 2.04. The summed E-state index contributed by atoms with van der Waals surface area (Å²) >= 11 is 0. The Bertz CT molecular complexity index is 1590. The van der Waals surface area contributed by atoms with Gasteiger partial charge in [0.05, 0.1) is 22.2 Å². The number of nitrogens with one attached hydrogen (secondary N) is 1. The molecule has 5 aliphatic rings. The molecule has 1 saturated carbocycles. The topological polar surface area (TPSA) is 81.6 Å². The number of rotatable bonds is 2. The Morgan fingerprint density at radius 1 is 1.14 bits per heavy atom. The number of phenols is 1. The molecule has 2 aromatic heterocycles. The van der Waals surface area contributed by atoms with Gasteiger partial charge in [0.1, 0.15) is 0 Å². The number of piperidine rings is 1. The standard InChI is InChI=1S/C29H27N3O3/c33-21-6-4-16-11-22-29(34)12-20-19-5-3-17-13-30-9-7-18(17)24(19)31-25(20)27-28(29,23(16)26(21)35-27)8-10-32(22)14-15-1-2-15/h3-7,9,13,15,22,27,31,33-34H,1-2,8,10-12,14H2/t22-,27+,28?,29-/m1/s1. The zero-order chi connectivity index (χ0) is 23.1. The van der Waals surface area contributed by atoms with Gasteiger partial charge in [-0.15, -0.1) is 0 Å². The van der Waals surface area contributed by atoms with Gasteiger partial charge in [0, 0.05) is 53.1 Å². The fraction of sp³-hybridized carbons (Fsp3) is 0.414. The molecule has 1 spiro atoms. The van der Waals surface area contributed by atoms with Crippen molar-refractivity contribution in [2.24, 2.45) is 5.92 Å². The second-order valence-electron chi connectivity index (χ2n) is 11.5. The van der Waals surface area contributed by atoms with E-state index in [-0.39, 0.29) is 17.9 Å². The van der Waals surface area contributed by atoms with Crippen LogP contribution in [0.3, 0.4) is 0 Å². The number of hydrogen-bond acceptors (Lipinski definition) is 5. The van der Waals surface area contributed by atoms with Gasteiger partial charge in [-0.25, -0.2) is 0 Å². The van der Waals surface area contributed by atoms with Crippen LogP contribution in [0.25, 0.3) is 21.7 Å². The van der Waals surface area contributed by atoms with E-state index in [9.17, 15) is 10.2 Å². The molecule has 6 nitrogen and oxygen atoms in total. The van der Waals surface area contributed by atoms with Gasteiger partial charge in [0.25, 0.3) is 0 Å². The van der Waals surface area contributed by atoms with Crippen molar-refractivity contribution in [3.05, 3.63) is 65.1 Å². The summed E-state index contributed by atoms with van der Waals surface area (Å²) in [7, 11) is 0. The molecule has 2 bridgehead atoms. The Hall–Kier alpha value is -3.09. The molecule has 3 N–H and O–H groups in total. The summed E-state index contributed by atoms with van der Waals surface area (Å²) in [5.74, 6) is 1.54. The average Bonchev–Trinajstić information content (AvgIpc) is 3.49. The van der Waals surface area contributed by atoms with E-state index in [1.807, 2.05) is 12.4 Å². The summed E-state index contributed by atoms with van der Waals surface area (Å²) in [6, 6.07) is 10.2. The molecule has 4 aromatic rings. The first-order valence-corrected chi connectivity index (χ1v) is 12.9. The number of H-pyrrole nitrogens is 1. The van der Waals surface area contributed by atoms with Crippen molar-refractivity contribution in [3.8, 4) is 11.5 Å². The van der Waals surface area contributed by atoms with Crippen molar-refractivity contribution < 1.29 is 14.9 Å². The van der Waals surface area contributed by atoms with E-state index in [4.69, 9.17) is 4.74 Å². The zero-order valence-electron chi connectivity index (χ0n) is 19.4. The summed E-state index contributed by atoms with van der Waals surface area (Å²) < 4.78 is 6.70. The predicted molar refractivity (Wildman–Crippen MR) is 132 cm³/mol. The quantitative estimate of drug-likeness (QED) is 0.415. The molecule has 1 saturated heterocycles. The van der Waals surface area contributed by atoms with Gasteiger partial charge in [0.15, 0.2) is 17.6 Å². The first-order chi connectivity index (χ1) is 17.1. The Labute approximate surface area is 202 Å². The SMILES string of the molecule is Oc1ccc2c3c1O[C@H]1c4[nH]c5c(ccc6cnccc65)c4C[C@@]4(O)[C@@H](C2)N(CC2CC2)CCC314. The number of aromatic hydroxyl groups is 1. The van der Waals surface area contributed by atoms with Gasteiger partial charge in [-0.1, -0.05) is 18.2 Å². The lowest BCUT2D eigenvalue weighted by molar-refractivity contribution is -0.173. The third kappa shape index (κ3) is 2.10. The third-order valence-electron chi connectivity index (χ3n) is 9.95. The average molecular weight is 466 g/mol. The van der Waals surface area contributed by atoms with Gasteiger partial charge in [-0.05, 0) is 61.4 Å². The smallest absolute Gasteiger partial charge is 0.166 e. The van der Waals surface area contributed by atoms with Crippen molar-refractivity contribution in [3.63, 3.8) is 0 Å². The van der Waals surface area contributed by atoms with Crippen LogP contribution in [0.15, 0.2) is 42.7 Å². The van der Waals surface area contributed by atoms with Crippen molar-refractivity contribution in [2.45, 2.75) is 55.3 Å². The number of aromatic amines is 1. The molecule has 3 aliphatic carbocycles. The number of fused-ring (bicyclic) bond motifs is 6. The molecule has 4 heterocycles. The molecule has 4 atom stereocenters. The molecule has 0 amide bonds. The van der Waals surface area contributed by atoms with Crippen molar-refractivity contribution in [2.75, 3.05) is 13.1 Å². The van der Waals surface area contributed by atoms with E-state index in [1.165, 1.54) is 18.4 Å². The highest BCUT2D eigenvalue weighted by atomic mass is 16.5. The number of hydrogen-bond donors (Lipinski definition) is 3. The minimum Gasteiger partial charge on any atom is -0.504 e. The fourth-order valence-corrected chi connectivity index (χ4v) is 8.26. The summed E-state index contributed by atoms with van der Waals surface area (Å²) in [5, 5.41) is 27.2. The monoisotopic (exact) mass is 465 g/mol. The number of aliphatic hydroxyl groups is 1. The van der Waals surface area contributed by atoms with Gasteiger partial charge < -0.3 is 19.9 Å². The maximum Gasteiger partial charge on any atom is 0.166 e. The molecule has 35 heavy (non-hydrogen) atoms. The summed E-state index contributed by atoms with van der Waals surface area (Å²) in [6.07, 6.45) is 8.24. The summed E-state index contributed by atoms with van der Waals surface area (Å²) in [4.78, 5) is 10.6. The highest BCUT2D eigenvalue weighted by Crippen LogP contribution is 2.69. The van der Waals surface area contributed by atoms with Crippen LogP contribution in [-0.2, 0) is 18.3 Å². The van der Waals surface area contributed by atoms with Crippen LogP contribution in [0.4, 0.5) is 0 Å². The minimum atomic E-state index is -0.952. The molecule has 6 heteroatoms. The van der Waals surface area contributed by atoms with Crippen LogP contribution in [0.2, 0.25) is 0 Å². The number of aromatic nitrogens is 2. The maximum atomic E-state index is 12.9. The molecule has 2 aromatic carbocycles. The normalized spacial score (nSPS) is 32.5. The highest BCUT2D eigenvalue weighted by molar-refractivity contribution is 6.07. The number of phenolic OH excluding ortho intramolecular Hbond substituents is 1. The van der Waals surface area contributed by atoms with Crippen LogP contribution in [0.5, 0.6) is 11.5 Å². The van der Waals surface area contributed by atoms with E-state index in [2.05, 4.69) is 39.1 Å². The van der Waals surface area contributed by atoms with E-state index in [0.29, 0.717) is 12.2 Å². The van der Waals surface area contributed by atoms with Crippen molar-refractivity contribution >= 4 is 21.7 Å². The predicted octanol–water partition coefficient (Wildman–Crippen LogP) is 4.12. The van der Waals surface area contributed by atoms with E-state index in [1.54, 1.807) is 6.07 Å². The van der Waals surface area contributed by atoms with Crippen LogP contribution >= 0.6 is 0 Å². The Balaban J connectivity index is 1.34. The Morgan fingerprint density at radius 2 is 2.06 bits per heavy atom. The largest absolute Gasteiger partial charge is 0.504 e. The third-order valence-corrected chi connectivity index (χ3v) is 9.95. The first kappa shape index (κ1) is 19.1. The lowest BCUT2D eigenvalue weighted by atomic mass is 9.49. The molecule has 0 radical (unpaired) electrons. The number of likely N-dealkylation sites (tertiary alicyclic amines) is 1. The van der Waals surface area contributed by atoms with Crippen LogP contribution in [0, 0.1) is 5.92 Å². The van der Waals surface area contributed by atoms with Crippen molar-refractivity contribution in [1.82, 2.24) is 14.9 Å². The molecular weight excluding hydrogens is 438 g/mol. The first-order valence-electron chi connectivity index (χ1n) is 12.9. The molecule has 2 aliphatic heterocycles. The molecule has 2 fully saturated rings. The molecular formula is C29H27N3O3. The lowest BCUT2D eigenvalue weighted by Crippen LogP contribution is -2.74. The molecule has 176 valence electrons. The minimum absolute atomic E-state index is 0.0497. The van der Waals surface area contributed by atoms with Gasteiger partial charge >= 0.3 is 0 Å². The van der Waals surface area contributed by atoms with Gasteiger partial charge in [-0.3, -0.25) is 9.88 Å². The highest BCUT2D eigenvalue weighted by Gasteiger charge is 2.72. The number of pyridine rings is 1. The maximum absolute atomic E-state index is 12.9. The molecule has 9 rings (SSSR count). The van der Waals surface area contributed by atoms with Crippen LogP contribution in [-0.4, -0.2) is 49.8 Å². The van der Waals surface area contributed by atoms with E-state index in [0.717, 1.165) is 70.3 Å². The zero-order valence-corrected chi connectivity index (χ0v) is 19.4. The van der Waals surface area contributed by atoms with E-state index < -0.39 is 11.0 Å². The van der Waals surface area contributed by atoms with Gasteiger partial charge in [0.2, 0.25) is 0 Å². The van der Waals surface area contributed by atoms with Crippen LogP contribution in [0.1, 0.15) is 47.8 Å². The Kier molecular flexibility index (Phi) is 3.28. The van der Waals surface area contributed by atoms with Crippen molar-refractivity contribution in [1.29, 1.82) is 0 Å².